The van der Waals surface area contributed by atoms with Gasteiger partial charge in [-0.05, 0) is 30.3 Å². The first-order valence-corrected chi connectivity index (χ1v) is 7.45. The lowest BCUT2D eigenvalue weighted by Gasteiger charge is -2.32. The zero-order valence-corrected chi connectivity index (χ0v) is 13.0. The number of hydrogen-bond acceptors (Lipinski definition) is 5. The molecule has 0 spiro atoms. The largest absolute Gasteiger partial charge is 0.480 e. The zero-order chi connectivity index (χ0) is 18.0. The van der Waals surface area contributed by atoms with Crippen LogP contribution in [0.1, 0.15) is 10.5 Å². The molecule has 25 heavy (non-hydrogen) atoms. The summed E-state index contributed by atoms with van der Waals surface area (Å²) < 4.78 is 19.1. The van der Waals surface area contributed by atoms with Crippen molar-refractivity contribution in [3.8, 4) is 5.69 Å². The summed E-state index contributed by atoms with van der Waals surface area (Å²) in [6, 6.07) is 6.31. The Morgan fingerprint density at radius 1 is 1.20 bits per heavy atom. The van der Waals surface area contributed by atoms with E-state index >= 15 is 0 Å². The third kappa shape index (κ3) is 3.41. The molecule has 1 aliphatic heterocycles. The summed E-state index contributed by atoms with van der Waals surface area (Å²) in [5.41, 5.74) is -0.296. The molecule has 130 valence electrons. The first-order chi connectivity index (χ1) is 12.0. The van der Waals surface area contributed by atoms with Crippen LogP contribution in [0, 0.1) is 5.82 Å². The van der Waals surface area contributed by atoms with E-state index in [1.807, 2.05) is 0 Å². The van der Waals surface area contributed by atoms with Crippen LogP contribution in [0.2, 0.25) is 0 Å². The van der Waals surface area contributed by atoms with E-state index in [9.17, 15) is 23.9 Å². The molecule has 9 heteroatoms. The lowest BCUT2D eigenvalue weighted by molar-refractivity contribution is -0.147. The Hall–Kier alpha value is -3.07. The summed E-state index contributed by atoms with van der Waals surface area (Å²) in [5.74, 6) is -2.27. The van der Waals surface area contributed by atoms with E-state index < -0.39 is 29.3 Å². The molecule has 8 nitrogen and oxygen atoms in total. The highest BCUT2D eigenvalue weighted by Gasteiger charge is 2.34. The Bertz CT molecular complexity index is 865. The van der Waals surface area contributed by atoms with Crippen molar-refractivity contribution in [3.63, 3.8) is 0 Å². The van der Waals surface area contributed by atoms with Crippen molar-refractivity contribution in [1.29, 1.82) is 0 Å². The van der Waals surface area contributed by atoms with Gasteiger partial charge in [0.05, 0.1) is 18.9 Å². The predicted molar refractivity (Wildman–Crippen MR) is 83.1 cm³/mol. The molecule has 0 saturated carbocycles. The van der Waals surface area contributed by atoms with Gasteiger partial charge in [-0.3, -0.25) is 9.59 Å². The number of carboxylic acids is 1. The fraction of sp³-hybridized carbons (Fsp3) is 0.250. The molecular weight excluding hydrogens is 333 g/mol. The number of carbonyl (C=O) groups excluding carboxylic acids is 1. The van der Waals surface area contributed by atoms with Gasteiger partial charge in [0.25, 0.3) is 11.5 Å². The summed E-state index contributed by atoms with van der Waals surface area (Å²) in [7, 11) is 0. The van der Waals surface area contributed by atoms with Gasteiger partial charge in [0.1, 0.15) is 11.5 Å². The van der Waals surface area contributed by atoms with Crippen molar-refractivity contribution in [2.75, 3.05) is 19.8 Å². The van der Waals surface area contributed by atoms with Crippen LogP contribution in [0.5, 0.6) is 0 Å². The molecule has 1 fully saturated rings. The van der Waals surface area contributed by atoms with E-state index in [1.54, 1.807) is 0 Å². The summed E-state index contributed by atoms with van der Waals surface area (Å²) in [5, 5.41) is 13.2. The minimum Gasteiger partial charge on any atom is -0.480 e. The number of ether oxygens (including phenoxy) is 1. The SMILES string of the molecule is O=C(O)[C@H]1COCCN1C(=O)c1ccc(=O)n(-c2ccc(F)cc2)n1. The number of rotatable bonds is 3. The highest BCUT2D eigenvalue weighted by molar-refractivity contribution is 5.95. The van der Waals surface area contributed by atoms with Gasteiger partial charge in [-0.2, -0.15) is 9.78 Å². The molecule has 1 aliphatic rings. The van der Waals surface area contributed by atoms with Gasteiger partial charge in [-0.15, -0.1) is 0 Å². The van der Waals surface area contributed by atoms with E-state index in [-0.39, 0.29) is 31.1 Å². The van der Waals surface area contributed by atoms with Gasteiger partial charge in [0.2, 0.25) is 0 Å². The molecule has 1 saturated heterocycles. The number of aliphatic carboxylic acids is 1. The van der Waals surface area contributed by atoms with Gasteiger partial charge >= 0.3 is 5.97 Å². The number of carbonyl (C=O) groups is 2. The number of benzene rings is 1. The van der Waals surface area contributed by atoms with E-state index in [4.69, 9.17) is 4.74 Å². The third-order valence-corrected chi connectivity index (χ3v) is 3.76. The molecule has 1 N–H and O–H groups in total. The van der Waals surface area contributed by atoms with Gasteiger partial charge in [0.15, 0.2) is 6.04 Å². The summed E-state index contributed by atoms with van der Waals surface area (Å²) in [6.45, 7) is 0.207. The van der Waals surface area contributed by atoms with Crippen molar-refractivity contribution < 1.29 is 23.8 Å². The highest BCUT2D eigenvalue weighted by Crippen LogP contribution is 2.12. The van der Waals surface area contributed by atoms with Crippen molar-refractivity contribution in [3.05, 3.63) is 58.3 Å². The van der Waals surface area contributed by atoms with Gasteiger partial charge in [0, 0.05) is 12.6 Å². The Balaban J connectivity index is 1.96. The van der Waals surface area contributed by atoms with Crippen molar-refractivity contribution in [2.24, 2.45) is 0 Å². The molecule has 3 rings (SSSR count). The second kappa shape index (κ2) is 6.81. The number of carboxylic acid groups (broad SMARTS) is 1. The maximum absolute atomic E-state index is 13.0. The number of hydrogen-bond donors (Lipinski definition) is 1. The Morgan fingerprint density at radius 3 is 2.60 bits per heavy atom. The molecule has 1 atom stereocenters. The number of aromatic nitrogens is 2. The van der Waals surface area contributed by atoms with Crippen molar-refractivity contribution >= 4 is 11.9 Å². The van der Waals surface area contributed by atoms with Crippen LogP contribution in [0.4, 0.5) is 4.39 Å². The Kier molecular flexibility index (Phi) is 4.57. The quantitative estimate of drug-likeness (QED) is 0.857. The highest BCUT2D eigenvalue weighted by atomic mass is 19.1. The summed E-state index contributed by atoms with van der Waals surface area (Å²) in [4.78, 5) is 37.1. The second-order valence-corrected chi connectivity index (χ2v) is 5.37. The summed E-state index contributed by atoms with van der Waals surface area (Å²) in [6.07, 6.45) is 0. The standard InChI is InChI=1S/C16H14FN3O5/c17-10-1-3-11(4-2-10)20-14(21)6-5-12(18-20)15(22)19-7-8-25-9-13(19)16(23)24/h1-6,13H,7-9H2,(H,23,24)/t13-/m1/s1. The van der Waals surface area contributed by atoms with E-state index in [1.165, 1.54) is 30.3 Å². The van der Waals surface area contributed by atoms with E-state index in [2.05, 4.69) is 5.10 Å². The minimum atomic E-state index is -1.18. The molecular formula is C16H14FN3O5. The number of morpholine rings is 1. The lowest BCUT2D eigenvalue weighted by Crippen LogP contribution is -2.53. The van der Waals surface area contributed by atoms with Crippen molar-refractivity contribution in [1.82, 2.24) is 14.7 Å². The lowest BCUT2D eigenvalue weighted by atomic mass is 10.2. The van der Waals surface area contributed by atoms with E-state index in [0.29, 0.717) is 0 Å². The normalized spacial score (nSPS) is 17.3. The molecule has 1 aromatic heterocycles. The molecule has 1 amide bonds. The maximum atomic E-state index is 13.0. The average molecular weight is 347 g/mol. The Morgan fingerprint density at radius 2 is 1.92 bits per heavy atom. The topological polar surface area (TPSA) is 102 Å². The van der Waals surface area contributed by atoms with Crippen LogP contribution in [0.25, 0.3) is 5.69 Å². The summed E-state index contributed by atoms with van der Waals surface area (Å²) >= 11 is 0. The molecule has 2 aromatic rings. The Labute approximate surface area is 141 Å². The van der Waals surface area contributed by atoms with Crippen LogP contribution in [-0.4, -0.2) is 57.5 Å². The smallest absolute Gasteiger partial charge is 0.328 e. The first-order valence-electron chi connectivity index (χ1n) is 7.45. The number of halogens is 1. The van der Waals surface area contributed by atoms with Crippen LogP contribution >= 0.6 is 0 Å². The molecule has 0 bridgehead atoms. The molecule has 2 heterocycles. The first kappa shape index (κ1) is 16.8. The zero-order valence-electron chi connectivity index (χ0n) is 13.0. The molecule has 1 aromatic carbocycles. The third-order valence-electron chi connectivity index (χ3n) is 3.76. The fourth-order valence-corrected chi connectivity index (χ4v) is 2.49. The second-order valence-electron chi connectivity index (χ2n) is 5.37. The molecule has 0 aliphatic carbocycles. The van der Waals surface area contributed by atoms with Crippen molar-refractivity contribution in [2.45, 2.75) is 6.04 Å². The van der Waals surface area contributed by atoms with Gasteiger partial charge in [-0.1, -0.05) is 0 Å². The van der Waals surface area contributed by atoms with Crippen LogP contribution in [-0.2, 0) is 9.53 Å². The van der Waals surface area contributed by atoms with Gasteiger partial charge < -0.3 is 14.7 Å². The van der Waals surface area contributed by atoms with Crippen LogP contribution in [0.15, 0.2) is 41.2 Å². The van der Waals surface area contributed by atoms with E-state index in [0.717, 1.165) is 15.6 Å². The predicted octanol–water partition coefficient (Wildman–Crippen LogP) is 0.297. The number of amides is 1. The van der Waals surface area contributed by atoms with Gasteiger partial charge in [-0.25, -0.2) is 9.18 Å². The number of nitrogens with zero attached hydrogens (tertiary/aromatic N) is 3. The average Bonchev–Trinajstić information content (AvgIpc) is 2.62. The fourth-order valence-electron chi connectivity index (χ4n) is 2.49. The molecule has 0 radical (unpaired) electrons. The van der Waals surface area contributed by atoms with Crippen LogP contribution in [0.3, 0.4) is 0 Å². The monoisotopic (exact) mass is 347 g/mol. The molecule has 0 unspecified atom stereocenters. The minimum absolute atomic E-state index is 0.0860. The van der Waals surface area contributed by atoms with Crippen LogP contribution < -0.4 is 5.56 Å². The maximum Gasteiger partial charge on any atom is 0.328 e.